The SMILES string of the molecule is CC(=O)CC1CCCCN1C(=O)c1ccccc1F. The largest absolute Gasteiger partial charge is 0.335 e. The van der Waals surface area contributed by atoms with Gasteiger partial charge in [-0.15, -0.1) is 0 Å². The predicted octanol–water partition coefficient (Wildman–Crippen LogP) is 2.80. The molecule has 1 unspecified atom stereocenters. The summed E-state index contributed by atoms with van der Waals surface area (Å²) in [5, 5.41) is 0. The van der Waals surface area contributed by atoms with Crippen molar-refractivity contribution in [2.24, 2.45) is 0 Å². The van der Waals surface area contributed by atoms with Crippen LogP contribution in [-0.2, 0) is 4.79 Å². The number of rotatable bonds is 3. The highest BCUT2D eigenvalue weighted by atomic mass is 19.1. The van der Waals surface area contributed by atoms with E-state index in [9.17, 15) is 14.0 Å². The summed E-state index contributed by atoms with van der Waals surface area (Å²) in [7, 11) is 0. The monoisotopic (exact) mass is 263 g/mol. The summed E-state index contributed by atoms with van der Waals surface area (Å²) in [6.45, 7) is 2.13. The molecule has 1 heterocycles. The molecule has 1 amide bonds. The third-order valence-corrected chi connectivity index (χ3v) is 3.52. The zero-order valence-electron chi connectivity index (χ0n) is 11.1. The van der Waals surface area contributed by atoms with Crippen molar-refractivity contribution in [1.29, 1.82) is 0 Å². The van der Waals surface area contributed by atoms with Crippen molar-refractivity contribution < 1.29 is 14.0 Å². The number of nitrogens with zero attached hydrogens (tertiary/aromatic N) is 1. The number of carbonyl (C=O) groups excluding carboxylic acids is 2. The third-order valence-electron chi connectivity index (χ3n) is 3.52. The molecule has 4 heteroatoms. The molecule has 2 rings (SSSR count). The average molecular weight is 263 g/mol. The van der Waals surface area contributed by atoms with Gasteiger partial charge in [-0.1, -0.05) is 12.1 Å². The molecule has 1 aliphatic rings. The third kappa shape index (κ3) is 3.19. The van der Waals surface area contributed by atoms with Crippen LogP contribution in [-0.4, -0.2) is 29.2 Å². The Labute approximate surface area is 112 Å². The first-order valence-corrected chi connectivity index (χ1v) is 6.64. The Morgan fingerprint density at radius 2 is 2.05 bits per heavy atom. The first-order chi connectivity index (χ1) is 9.09. The maximum absolute atomic E-state index is 13.7. The average Bonchev–Trinajstić information content (AvgIpc) is 2.38. The summed E-state index contributed by atoms with van der Waals surface area (Å²) in [5.74, 6) is -0.734. The molecule has 0 radical (unpaired) electrons. The number of hydrogen-bond acceptors (Lipinski definition) is 2. The Balaban J connectivity index is 2.20. The summed E-state index contributed by atoms with van der Waals surface area (Å²) in [6, 6.07) is 5.92. The number of piperidine rings is 1. The molecule has 1 aromatic rings. The van der Waals surface area contributed by atoms with Crippen LogP contribution in [0.1, 0.15) is 43.0 Å². The molecule has 0 bridgehead atoms. The first kappa shape index (κ1) is 13.7. The van der Waals surface area contributed by atoms with Crippen LogP contribution in [0.5, 0.6) is 0 Å². The van der Waals surface area contributed by atoms with Crippen molar-refractivity contribution in [3.8, 4) is 0 Å². The van der Waals surface area contributed by atoms with E-state index in [1.807, 2.05) is 0 Å². The molecule has 0 N–H and O–H groups in total. The standard InChI is InChI=1S/C15H18FNO2/c1-11(18)10-12-6-4-5-9-17(12)15(19)13-7-2-3-8-14(13)16/h2-3,7-8,12H,4-6,9-10H2,1H3. The fourth-order valence-electron chi connectivity index (χ4n) is 2.60. The topological polar surface area (TPSA) is 37.4 Å². The number of amides is 1. The molecule has 1 atom stereocenters. The number of halogens is 1. The zero-order chi connectivity index (χ0) is 13.8. The van der Waals surface area contributed by atoms with Crippen LogP contribution in [0.4, 0.5) is 4.39 Å². The lowest BCUT2D eigenvalue weighted by Gasteiger charge is -2.35. The summed E-state index contributed by atoms with van der Waals surface area (Å²) in [5.41, 5.74) is 0.0953. The molecular formula is C15H18FNO2. The molecule has 102 valence electrons. The summed E-state index contributed by atoms with van der Waals surface area (Å²) < 4.78 is 13.7. The molecule has 19 heavy (non-hydrogen) atoms. The van der Waals surface area contributed by atoms with Gasteiger partial charge in [-0.2, -0.15) is 0 Å². The van der Waals surface area contributed by atoms with Gasteiger partial charge >= 0.3 is 0 Å². The second-order valence-electron chi connectivity index (χ2n) is 5.03. The van der Waals surface area contributed by atoms with E-state index in [0.29, 0.717) is 13.0 Å². The van der Waals surface area contributed by atoms with Crippen LogP contribution in [0, 0.1) is 5.82 Å². The maximum atomic E-state index is 13.7. The van der Waals surface area contributed by atoms with Crippen molar-refractivity contribution in [3.05, 3.63) is 35.6 Å². The van der Waals surface area contributed by atoms with Gasteiger partial charge in [0.15, 0.2) is 0 Å². The number of carbonyl (C=O) groups is 2. The number of benzene rings is 1. The predicted molar refractivity (Wildman–Crippen MR) is 70.4 cm³/mol. The van der Waals surface area contributed by atoms with Crippen LogP contribution in [0.25, 0.3) is 0 Å². The number of likely N-dealkylation sites (tertiary alicyclic amines) is 1. The van der Waals surface area contributed by atoms with Gasteiger partial charge < -0.3 is 4.90 Å². The number of Topliss-reactive ketones (excluding diaryl/α,β-unsaturated/α-hetero) is 1. The minimum absolute atomic E-state index is 0.0678. The lowest BCUT2D eigenvalue weighted by Crippen LogP contribution is -2.44. The van der Waals surface area contributed by atoms with Gasteiger partial charge in [0.25, 0.3) is 5.91 Å². The fraction of sp³-hybridized carbons (Fsp3) is 0.467. The molecular weight excluding hydrogens is 245 g/mol. The lowest BCUT2D eigenvalue weighted by molar-refractivity contribution is -0.118. The fourth-order valence-corrected chi connectivity index (χ4v) is 2.60. The van der Waals surface area contributed by atoms with Crippen LogP contribution in [0.2, 0.25) is 0 Å². The molecule has 0 saturated carbocycles. The minimum Gasteiger partial charge on any atom is -0.335 e. The van der Waals surface area contributed by atoms with Gasteiger partial charge in [-0.25, -0.2) is 4.39 Å². The molecule has 0 spiro atoms. The van der Waals surface area contributed by atoms with Crippen molar-refractivity contribution >= 4 is 11.7 Å². The first-order valence-electron chi connectivity index (χ1n) is 6.64. The van der Waals surface area contributed by atoms with E-state index in [1.165, 1.54) is 19.1 Å². The molecule has 3 nitrogen and oxygen atoms in total. The van der Waals surface area contributed by atoms with E-state index in [0.717, 1.165) is 19.3 Å². The van der Waals surface area contributed by atoms with Gasteiger partial charge in [0.05, 0.1) is 5.56 Å². The van der Waals surface area contributed by atoms with Crippen molar-refractivity contribution in [1.82, 2.24) is 4.90 Å². The van der Waals surface area contributed by atoms with E-state index in [4.69, 9.17) is 0 Å². The second kappa shape index (κ2) is 5.95. The summed E-state index contributed by atoms with van der Waals surface area (Å²) >= 11 is 0. The zero-order valence-corrected chi connectivity index (χ0v) is 11.1. The highest BCUT2D eigenvalue weighted by Gasteiger charge is 2.29. The van der Waals surface area contributed by atoms with Crippen LogP contribution >= 0.6 is 0 Å². The quantitative estimate of drug-likeness (QED) is 0.841. The van der Waals surface area contributed by atoms with Gasteiger partial charge in [0, 0.05) is 19.0 Å². The molecule has 1 saturated heterocycles. The highest BCUT2D eigenvalue weighted by Crippen LogP contribution is 2.23. The normalized spacial score (nSPS) is 19.3. The van der Waals surface area contributed by atoms with Crippen LogP contribution < -0.4 is 0 Å². The summed E-state index contributed by atoms with van der Waals surface area (Å²) in [6.07, 6.45) is 3.10. The molecule has 1 fully saturated rings. The van der Waals surface area contributed by atoms with Crippen LogP contribution in [0.15, 0.2) is 24.3 Å². The Kier molecular flexibility index (Phi) is 4.30. The lowest BCUT2D eigenvalue weighted by atomic mass is 9.96. The Morgan fingerprint density at radius 1 is 1.32 bits per heavy atom. The van der Waals surface area contributed by atoms with E-state index < -0.39 is 5.82 Å². The van der Waals surface area contributed by atoms with Gasteiger partial charge in [-0.3, -0.25) is 9.59 Å². The van der Waals surface area contributed by atoms with E-state index in [1.54, 1.807) is 17.0 Å². The highest BCUT2D eigenvalue weighted by molar-refractivity contribution is 5.95. The Morgan fingerprint density at radius 3 is 2.74 bits per heavy atom. The Bertz CT molecular complexity index is 487. The number of ketones is 1. The number of hydrogen-bond donors (Lipinski definition) is 0. The van der Waals surface area contributed by atoms with Gasteiger partial charge in [0.2, 0.25) is 0 Å². The second-order valence-corrected chi connectivity index (χ2v) is 5.03. The van der Waals surface area contributed by atoms with Gasteiger partial charge in [-0.05, 0) is 38.3 Å². The van der Waals surface area contributed by atoms with E-state index >= 15 is 0 Å². The van der Waals surface area contributed by atoms with E-state index in [-0.39, 0.29) is 23.3 Å². The summed E-state index contributed by atoms with van der Waals surface area (Å²) in [4.78, 5) is 25.3. The van der Waals surface area contributed by atoms with Crippen molar-refractivity contribution in [2.75, 3.05) is 6.54 Å². The molecule has 1 aromatic carbocycles. The minimum atomic E-state index is -0.500. The molecule has 0 aromatic heterocycles. The van der Waals surface area contributed by atoms with Gasteiger partial charge in [0.1, 0.15) is 11.6 Å². The molecule has 0 aliphatic carbocycles. The smallest absolute Gasteiger partial charge is 0.257 e. The van der Waals surface area contributed by atoms with Crippen LogP contribution in [0.3, 0.4) is 0 Å². The van der Waals surface area contributed by atoms with Crippen molar-refractivity contribution in [2.45, 2.75) is 38.6 Å². The van der Waals surface area contributed by atoms with E-state index in [2.05, 4.69) is 0 Å². The maximum Gasteiger partial charge on any atom is 0.257 e. The van der Waals surface area contributed by atoms with Crippen molar-refractivity contribution in [3.63, 3.8) is 0 Å². The molecule has 1 aliphatic heterocycles. The Hall–Kier alpha value is -1.71.